The van der Waals surface area contributed by atoms with E-state index in [1.807, 2.05) is 0 Å². The van der Waals surface area contributed by atoms with Crippen molar-refractivity contribution in [3.8, 4) is 5.88 Å². The van der Waals surface area contributed by atoms with Crippen LogP contribution < -0.4 is 10.8 Å². The van der Waals surface area contributed by atoms with Gasteiger partial charge in [-0.25, -0.2) is 19.3 Å². The molecule has 0 radical (unpaired) electrons. The molecular weight excluding hydrogens is 456 g/mol. The molecule has 0 spiro atoms. The Morgan fingerprint density at radius 3 is 2.36 bits per heavy atom. The van der Waals surface area contributed by atoms with E-state index in [-0.39, 0.29) is 28.2 Å². The van der Waals surface area contributed by atoms with Crippen LogP contribution in [0.5, 0.6) is 5.88 Å². The van der Waals surface area contributed by atoms with E-state index < -0.39 is 42.0 Å². The Labute approximate surface area is 189 Å². The van der Waals surface area contributed by atoms with Crippen LogP contribution in [0.2, 0.25) is 0 Å². The normalized spacial score (nSPS) is 13.9. The van der Waals surface area contributed by atoms with Crippen LogP contribution in [0.15, 0.2) is 24.3 Å². The number of nitrogens with one attached hydrogen (secondary N) is 1. The summed E-state index contributed by atoms with van der Waals surface area (Å²) in [6.07, 6.45) is 0. The molecule has 0 amide bonds. The van der Waals surface area contributed by atoms with Crippen molar-refractivity contribution in [2.45, 2.75) is 45.3 Å². The van der Waals surface area contributed by atoms with Crippen LogP contribution in [-0.2, 0) is 10.5 Å². The highest BCUT2D eigenvalue weighted by Crippen LogP contribution is 2.42. The first-order valence-corrected chi connectivity index (χ1v) is 12.7. The topological polar surface area (TPSA) is 108 Å². The molecule has 0 aliphatic heterocycles. The molecule has 0 aliphatic carbocycles. The molecular formula is C22H26F3N4O3P. The molecule has 3 aromatic rings. The van der Waals surface area contributed by atoms with E-state index in [9.17, 15) is 23.6 Å². The van der Waals surface area contributed by atoms with Gasteiger partial charge < -0.3 is 20.1 Å². The van der Waals surface area contributed by atoms with Gasteiger partial charge in [0.05, 0.1) is 17.0 Å². The number of aromatic hydroxyl groups is 1. The monoisotopic (exact) mass is 482 g/mol. The van der Waals surface area contributed by atoms with Crippen LogP contribution in [0, 0.1) is 12.7 Å². The molecule has 33 heavy (non-hydrogen) atoms. The molecule has 1 atom stereocenters. The zero-order chi connectivity index (χ0) is 24.9. The van der Waals surface area contributed by atoms with Crippen molar-refractivity contribution in [2.75, 3.05) is 18.6 Å². The summed E-state index contributed by atoms with van der Waals surface area (Å²) >= 11 is 0. The second-order valence-electron chi connectivity index (χ2n) is 8.88. The Morgan fingerprint density at radius 1 is 1.15 bits per heavy atom. The van der Waals surface area contributed by atoms with Crippen LogP contribution in [0.25, 0.3) is 10.9 Å². The molecule has 0 aliphatic rings. The standard InChI is InChI=1S/C22H26F3N4O3P/c1-11(13-8-7-9-15(17(13)23)22(24,25)21(3,4)31)26-19-14-10-16(33(5,6)32)29-20(30)18(14)27-12(2)28-19/h7-11,31H,1-6H3,(H,29,30)(H,26,27,28)/t11-/m1/s1. The van der Waals surface area contributed by atoms with Gasteiger partial charge in [0.15, 0.2) is 0 Å². The molecule has 0 saturated carbocycles. The lowest BCUT2D eigenvalue weighted by atomic mass is 9.91. The molecule has 0 unspecified atom stereocenters. The fraction of sp³-hybridized carbons (Fsp3) is 0.409. The Hall–Kier alpha value is -2.71. The summed E-state index contributed by atoms with van der Waals surface area (Å²) in [6, 6.07) is 4.22. The number of hydrogen-bond donors (Lipinski definition) is 3. The van der Waals surface area contributed by atoms with Crippen molar-refractivity contribution in [3.63, 3.8) is 0 Å². The number of nitrogens with zero attached hydrogens (tertiary/aromatic N) is 3. The van der Waals surface area contributed by atoms with Gasteiger partial charge in [-0.3, -0.25) is 0 Å². The van der Waals surface area contributed by atoms with E-state index in [4.69, 9.17) is 0 Å². The molecule has 11 heteroatoms. The molecule has 0 saturated heterocycles. The lowest BCUT2D eigenvalue weighted by Gasteiger charge is -2.30. The number of aryl methyl sites for hydroxylation is 1. The third-order valence-corrected chi connectivity index (χ3v) is 6.60. The van der Waals surface area contributed by atoms with Crippen LogP contribution >= 0.6 is 7.14 Å². The van der Waals surface area contributed by atoms with E-state index in [2.05, 4.69) is 20.3 Å². The molecule has 7 nitrogen and oxygen atoms in total. The van der Waals surface area contributed by atoms with Crippen LogP contribution in [0.1, 0.15) is 43.8 Å². The van der Waals surface area contributed by atoms with E-state index in [0.29, 0.717) is 5.39 Å². The summed E-state index contributed by atoms with van der Waals surface area (Å²) in [5.74, 6) is -4.94. The number of benzene rings is 1. The summed E-state index contributed by atoms with van der Waals surface area (Å²) in [7, 11) is -2.84. The van der Waals surface area contributed by atoms with Gasteiger partial charge in [-0.15, -0.1) is 0 Å². The summed E-state index contributed by atoms with van der Waals surface area (Å²) < 4.78 is 57.0. The van der Waals surface area contributed by atoms with Gasteiger partial charge >= 0.3 is 5.92 Å². The minimum atomic E-state index is -3.83. The first kappa shape index (κ1) is 24.9. The van der Waals surface area contributed by atoms with Crippen molar-refractivity contribution in [1.29, 1.82) is 0 Å². The van der Waals surface area contributed by atoms with E-state index in [1.165, 1.54) is 31.5 Å². The highest BCUT2D eigenvalue weighted by Gasteiger charge is 2.49. The van der Waals surface area contributed by atoms with Crippen LogP contribution in [-0.4, -0.2) is 44.1 Å². The summed E-state index contributed by atoms with van der Waals surface area (Å²) in [5.41, 5.74) is -3.20. The van der Waals surface area contributed by atoms with E-state index in [0.717, 1.165) is 19.9 Å². The summed E-state index contributed by atoms with van der Waals surface area (Å²) in [4.78, 5) is 12.5. The number of rotatable bonds is 6. The molecule has 0 fully saturated rings. The quantitative estimate of drug-likeness (QED) is 0.445. The third kappa shape index (κ3) is 4.68. The van der Waals surface area contributed by atoms with Crippen LogP contribution in [0.3, 0.4) is 0 Å². The maximum atomic E-state index is 15.2. The molecule has 2 aromatic heterocycles. The number of pyridine rings is 1. The zero-order valence-corrected chi connectivity index (χ0v) is 20.0. The molecule has 3 rings (SSSR count). The van der Waals surface area contributed by atoms with Crippen molar-refractivity contribution < 1.29 is 27.9 Å². The second-order valence-corrected chi connectivity index (χ2v) is 12.0. The lowest BCUT2D eigenvalue weighted by molar-refractivity contribution is -0.170. The number of alkyl halides is 2. The first-order valence-electron chi connectivity index (χ1n) is 10.1. The average molecular weight is 482 g/mol. The Morgan fingerprint density at radius 2 is 1.79 bits per heavy atom. The highest BCUT2D eigenvalue weighted by molar-refractivity contribution is 7.69. The Bertz CT molecular complexity index is 1270. The molecule has 178 valence electrons. The smallest absolute Gasteiger partial charge is 0.303 e. The van der Waals surface area contributed by atoms with Crippen molar-refractivity contribution >= 4 is 29.3 Å². The molecule has 0 bridgehead atoms. The predicted octanol–water partition coefficient (Wildman–Crippen LogP) is 4.46. The van der Waals surface area contributed by atoms with Crippen molar-refractivity contribution in [1.82, 2.24) is 15.0 Å². The van der Waals surface area contributed by atoms with Gasteiger partial charge in [-0.05, 0) is 53.2 Å². The molecule has 1 aromatic carbocycles. The van der Waals surface area contributed by atoms with Gasteiger partial charge in [0, 0.05) is 5.56 Å². The zero-order valence-electron chi connectivity index (χ0n) is 19.1. The third-order valence-electron chi connectivity index (χ3n) is 5.27. The Balaban J connectivity index is 2.11. The number of aromatic nitrogens is 3. The van der Waals surface area contributed by atoms with E-state index in [1.54, 1.807) is 13.8 Å². The fourth-order valence-corrected chi connectivity index (χ4v) is 4.11. The summed E-state index contributed by atoms with van der Waals surface area (Å²) in [5, 5.41) is 23.5. The average Bonchev–Trinajstić information content (AvgIpc) is 2.66. The van der Waals surface area contributed by atoms with Gasteiger partial charge in [-0.2, -0.15) is 8.78 Å². The lowest BCUT2D eigenvalue weighted by Crippen LogP contribution is -2.41. The van der Waals surface area contributed by atoms with Crippen molar-refractivity contribution in [3.05, 3.63) is 47.0 Å². The number of aliphatic hydroxyl groups is 1. The van der Waals surface area contributed by atoms with Gasteiger partial charge in [-0.1, -0.05) is 12.1 Å². The molecule has 3 N–H and O–H groups in total. The van der Waals surface area contributed by atoms with E-state index >= 15 is 4.39 Å². The SMILES string of the molecule is Cc1nc(N[C@H](C)c2cccc(C(F)(F)C(C)(C)O)c2F)c2cc(P(C)(C)=O)nc(O)c2n1. The second kappa shape index (κ2) is 8.25. The van der Waals surface area contributed by atoms with Crippen LogP contribution in [0.4, 0.5) is 19.0 Å². The predicted molar refractivity (Wildman–Crippen MR) is 121 cm³/mol. The fourth-order valence-electron chi connectivity index (χ4n) is 3.34. The minimum absolute atomic E-state index is 0.0732. The Kier molecular flexibility index (Phi) is 6.23. The maximum Gasteiger partial charge on any atom is 0.303 e. The number of hydrogen-bond acceptors (Lipinski definition) is 7. The van der Waals surface area contributed by atoms with Gasteiger partial charge in [0.1, 0.15) is 41.2 Å². The molecule has 2 heterocycles. The van der Waals surface area contributed by atoms with Gasteiger partial charge in [0.25, 0.3) is 0 Å². The minimum Gasteiger partial charge on any atom is -0.492 e. The van der Waals surface area contributed by atoms with Crippen molar-refractivity contribution in [2.24, 2.45) is 0 Å². The maximum absolute atomic E-state index is 15.2. The first-order chi connectivity index (χ1) is 15.0. The largest absolute Gasteiger partial charge is 0.492 e. The number of fused-ring (bicyclic) bond motifs is 1. The number of anilines is 1. The summed E-state index contributed by atoms with van der Waals surface area (Å²) in [6.45, 7) is 7.95. The van der Waals surface area contributed by atoms with Gasteiger partial charge in [0.2, 0.25) is 5.88 Å². The highest BCUT2D eigenvalue weighted by atomic mass is 31.2. The number of halogens is 3.